The van der Waals surface area contributed by atoms with E-state index < -0.39 is 0 Å². The number of hydrogen-bond donors (Lipinski definition) is 1. The Morgan fingerprint density at radius 2 is 2.10 bits per heavy atom. The topological polar surface area (TPSA) is 49.8 Å². The van der Waals surface area contributed by atoms with Gasteiger partial charge in [0.25, 0.3) is 0 Å². The zero-order valence-corrected chi connectivity index (χ0v) is 13.3. The molecule has 0 aromatic heterocycles. The summed E-state index contributed by atoms with van der Waals surface area (Å²) in [7, 11) is 1.64. The third-order valence-electron chi connectivity index (χ3n) is 3.81. The second-order valence-electron chi connectivity index (χ2n) is 5.21. The summed E-state index contributed by atoms with van der Waals surface area (Å²) in [6.07, 6.45) is 4.07. The molecule has 116 valence electrons. The highest BCUT2D eigenvalue weighted by Gasteiger charge is 2.28. The van der Waals surface area contributed by atoms with Crippen molar-refractivity contribution >= 4 is 17.7 Å². The minimum Gasteiger partial charge on any atom is -0.497 e. The van der Waals surface area contributed by atoms with Crippen LogP contribution in [0.25, 0.3) is 0 Å². The monoisotopic (exact) mass is 309 g/mol. The van der Waals surface area contributed by atoms with Gasteiger partial charge in [-0.2, -0.15) is 0 Å². The van der Waals surface area contributed by atoms with E-state index in [0.717, 1.165) is 23.5 Å². The lowest BCUT2D eigenvalue weighted by Gasteiger charge is -2.37. The van der Waals surface area contributed by atoms with Crippen molar-refractivity contribution < 1.29 is 14.6 Å². The molecule has 0 atom stereocenters. The zero-order chi connectivity index (χ0) is 15.1. The maximum absolute atomic E-state index is 12.4. The summed E-state index contributed by atoms with van der Waals surface area (Å²) < 4.78 is 5.12. The smallest absolute Gasteiger partial charge is 0.233 e. The summed E-state index contributed by atoms with van der Waals surface area (Å²) >= 11 is 1.55. The lowest BCUT2D eigenvalue weighted by atomic mass is 9.91. The molecule has 21 heavy (non-hydrogen) atoms. The normalized spacial score (nSPS) is 14.6. The van der Waals surface area contributed by atoms with Crippen LogP contribution < -0.4 is 4.74 Å². The Morgan fingerprint density at radius 3 is 2.62 bits per heavy atom. The van der Waals surface area contributed by atoms with E-state index in [9.17, 15) is 4.79 Å². The summed E-state index contributed by atoms with van der Waals surface area (Å²) in [6.45, 7) is 0.811. The minimum absolute atomic E-state index is 0.141. The van der Waals surface area contributed by atoms with Gasteiger partial charge in [-0.25, -0.2) is 0 Å². The van der Waals surface area contributed by atoms with Crippen molar-refractivity contribution in [1.82, 2.24) is 4.90 Å². The molecule has 4 nitrogen and oxygen atoms in total. The number of hydrogen-bond acceptors (Lipinski definition) is 4. The van der Waals surface area contributed by atoms with E-state index in [4.69, 9.17) is 9.84 Å². The molecule has 1 amide bonds. The average molecular weight is 309 g/mol. The van der Waals surface area contributed by atoms with Crippen LogP contribution in [0.5, 0.6) is 5.75 Å². The van der Waals surface area contributed by atoms with Crippen LogP contribution in [0.4, 0.5) is 0 Å². The van der Waals surface area contributed by atoms with Gasteiger partial charge in [-0.1, -0.05) is 0 Å². The molecule has 0 saturated heterocycles. The van der Waals surface area contributed by atoms with E-state index in [2.05, 4.69) is 0 Å². The van der Waals surface area contributed by atoms with Gasteiger partial charge in [0.1, 0.15) is 5.75 Å². The molecular formula is C16H23NO3S. The van der Waals surface area contributed by atoms with Crippen molar-refractivity contribution in [1.29, 1.82) is 0 Å². The molecular weight excluding hydrogens is 286 g/mol. The number of amides is 1. The van der Waals surface area contributed by atoms with E-state index in [-0.39, 0.29) is 12.5 Å². The van der Waals surface area contributed by atoms with Gasteiger partial charge in [-0.3, -0.25) is 4.79 Å². The number of thioether (sulfide) groups is 1. The van der Waals surface area contributed by atoms with Crippen molar-refractivity contribution in [2.75, 3.05) is 26.0 Å². The van der Waals surface area contributed by atoms with Crippen LogP contribution in [0.15, 0.2) is 29.2 Å². The molecule has 0 unspecified atom stereocenters. The summed E-state index contributed by atoms with van der Waals surface area (Å²) in [5.41, 5.74) is 0. The first-order valence-corrected chi connectivity index (χ1v) is 8.40. The molecule has 0 heterocycles. The highest BCUT2D eigenvalue weighted by Crippen LogP contribution is 2.27. The standard InChI is InChI=1S/C16H23NO3S/c1-20-14-6-8-15(9-7-14)21-12-16(19)17(10-3-11-18)13-4-2-5-13/h6-9,13,18H,2-5,10-12H2,1H3. The van der Waals surface area contributed by atoms with E-state index in [1.54, 1.807) is 18.9 Å². The average Bonchev–Trinajstić information content (AvgIpc) is 2.47. The van der Waals surface area contributed by atoms with E-state index in [1.165, 1.54) is 6.42 Å². The number of benzene rings is 1. The number of methoxy groups -OCH3 is 1. The van der Waals surface area contributed by atoms with Crippen LogP contribution >= 0.6 is 11.8 Å². The maximum Gasteiger partial charge on any atom is 0.233 e. The Bertz CT molecular complexity index is 445. The number of ether oxygens (including phenoxy) is 1. The van der Waals surface area contributed by atoms with Crippen molar-refractivity contribution in [3.05, 3.63) is 24.3 Å². The molecule has 0 radical (unpaired) electrons. The number of rotatable bonds is 8. The Morgan fingerprint density at radius 1 is 1.38 bits per heavy atom. The third kappa shape index (κ3) is 4.64. The fraction of sp³-hybridized carbons (Fsp3) is 0.562. The molecule has 5 heteroatoms. The highest BCUT2D eigenvalue weighted by atomic mass is 32.2. The molecule has 1 saturated carbocycles. The van der Waals surface area contributed by atoms with Crippen LogP contribution in [0.2, 0.25) is 0 Å². The van der Waals surface area contributed by atoms with Crippen LogP contribution in [-0.2, 0) is 4.79 Å². The molecule has 0 aliphatic heterocycles. The molecule has 0 bridgehead atoms. The second kappa shape index (κ2) is 8.29. The molecule has 0 spiro atoms. The number of carbonyl (C=O) groups is 1. The SMILES string of the molecule is COc1ccc(SCC(=O)N(CCCO)C2CCC2)cc1. The number of aliphatic hydroxyl groups excluding tert-OH is 1. The van der Waals surface area contributed by atoms with E-state index in [1.807, 2.05) is 29.2 Å². The van der Waals surface area contributed by atoms with Gasteiger partial charge in [0, 0.05) is 24.1 Å². The fourth-order valence-corrected chi connectivity index (χ4v) is 3.13. The fourth-order valence-electron chi connectivity index (χ4n) is 2.35. The predicted octanol–water partition coefficient (Wildman–Crippen LogP) is 2.55. The molecule has 2 rings (SSSR count). The highest BCUT2D eigenvalue weighted by molar-refractivity contribution is 8.00. The maximum atomic E-state index is 12.4. The Kier molecular flexibility index (Phi) is 6.39. The second-order valence-corrected chi connectivity index (χ2v) is 6.26. The molecule has 1 aliphatic carbocycles. The lowest BCUT2D eigenvalue weighted by molar-refractivity contribution is -0.132. The molecule has 1 aliphatic rings. The van der Waals surface area contributed by atoms with Crippen molar-refractivity contribution in [2.45, 2.75) is 36.6 Å². The van der Waals surface area contributed by atoms with Gasteiger partial charge in [-0.05, 0) is 49.9 Å². The Balaban J connectivity index is 1.85. The molecule has 1 aromatic rings. The van der Waals surface area contributed by atoms with Crippen molar-refractivity contribution in [3.63, 3.8) is 0 Å². The summed E-state index contributed by atoms with van der Waals surface area (Å²) in [5, 5.41) is 8.97. The zero-order valence-electron chi connectivity index (χ0n) is 12.5. The van der Waals surface area contributed by atoms with Crippen molar-refractivity contribution in [3.8, 4) is 5.75 Å². The van der Waals surface area contributed by atoms with Gasteiger partial charge in [-0.15, -0.1) is 11.8 Å². The molecule has 1 fully saturated rings. The third-order valence-corrected chi connectivity index (χ3v) is 4.81. The Labute approximate surface area is 130 Å². The summed E-state index contributed by atoms with van der Waals surface area (Å²) in [5.74, 6) is 1.45. The van der Waals surface area contributed by atoms with Gasteiger partial charge >= 0.3 is 0 Å². The van der Waals surface area contributed by atoms with Gasteiger partial charge in [0.2, 0.25) is 5.91 Å². The van der Waals surface area contributed by atoms with Crippen LogP contribution in [-0.4, -0.2) is 48.0 Å². The Hall–Kier alpha value is -1.20. The first-order valence-electron chi connectivity index (χ1n) is 7.41. The summed E-state index contributed by atoms with van der Waals surface area (Å²) in [6, 6.07) is 8.14. The predicted molar refractivity (Wildman–Crippen MR) is 84.8 cm³/mol. The first-order chi connectivity index (χ1) is 10.2. The largest absolute Gasteiger partial charge is 0.497 e. The van der Waals surface area contributed by atoms with Gasteiger partial charge in [0.05, 0.1) is 12.9 Å². The summed E-state index contributed by atoms with van der Waals surface area (Å²) in [4.78, 5) is 15.4. The number of nitrogens with zero attached hydrogens (tertiary/aromatic N) is 1. The number of carbonyl (C=O) groups excluding carboxylic acids is 1. The van der Waals surface area contributed by atoms with Crippen LogP contribution in [0.3, 0.4) is 0 Å². The van der Waals surface area contributed by atoms with Crippen LogP contribution in [0.1, 0.15) is 25.7 Å². The lowest BCUT2D eigenvalue weighted by Crippen LogP contribution is -2.45. The molecule has 1 aromatic carbocycles. The quantitative estimate of drug-likeness (QED) is 0.750. The van der Waals surface area contributed by atoms with Crippen molar-refractivity contribution in [2.24, 2.45) is 0 Å². The first kappa shape index (κ1) is 16.2. The number of aliphatic hydroxyl groups is 1. The van der Waals surface area contributed by atoms with E-state index in [0.29, 0.717) is 24.8 Å². The van der Waals surface area contributed by atoms with Gasteiger partial charge in [0.15, 0.2) is 0 Å². The van der Waals surface area contributed by atoms with Crippen LogP contribution in [0, 0.1) is 0 Å². The van der Waals surface area contributed by atoms with Gasteiger partial charge < -0.3 is 14.7 Å². The molecule has 1 N–H and O–H groups in total. The minimum atomic E-state index is 0.141. The van der Waals surface area contributed by atoms with E-state index >= 15 is 0 Å².